The van der Waals surface area contributed by atoms with Crippen LogP contribution in [0.5, 0.6) is 0 Å². The molecular formula is C27H31FN4O4S. The largest absolute Gasteiger partial charge is 0.474 e. The van der Waals surface area contributed by atoms with E-state index in [0.29, 0.717) is 37.6 Å². The first-order valence-electron chi connectivity index (χ1n) is 12.4. The van der Waals surface area contributed by atoms with Crippen molar-refractivity contribution in [2.75, 3.05) is 56.7 Å². The maximum Gasteiger partial charge on any atom is 0.416 e. The molecule has 1 saturated carbocycles. The molecule has 2 aliphatic heterocycles. The highest BCUT2D eigenvalue weighted by Crippen LogP contribution is 2.49. The molecule has 0 bridgehead atoms. The summed E-state index contributed by atoms with van der Waals surface area (Å²) >= 11 is 5.10. The van der Waals surface area contributed by atoms with Gasteiger partial charge in [0.25, 0.3) is 5.17 Å². The van der Waals surface area contributed by atoms with Gasteiger partial charge in [0.05, 0.1) is 30.4 Å². The summed E-state index contributed by atoms with van der Waals surface area (Å²) in [5.74, 6) is -0.251. The number of carbonyl (C=O) groups excluding carboxylic acids is 2. The normalized spacial score (nSPS) is 20.5. The summed E-state index contributed by atoms with van der Waals surface area (Å²) in [6, 6.07) is 13.0. The third-order valence-electron chi connectivity index (χ3n) is 7.60. The lowest BCUT2D eigenvalue weighted by Gasteiger charge is -2.38. The molecule has 10 heteroatoms. The third-order valence-corrected chi connectivity index (χ3v) is 8.06. The van der Waals surface area contributed by atoms with Crippen LogP contribution in [0.15, 0.2) is 42.5 Å². The first-order chi connectivity index (χ1) is 17.7. The predicted octanol–water partition coefficient (Wildman–Crippen LogP) is 3.66. The van der Waals surface area contributed by atoms with Crippen LogP contribution in [-0.2, 0) is 19.7 Å². The molecule has 5 rings (SSSR count). The lowest BCUT2D eigenvalue weighted by molar-refractivity contribution is -0.134. The van der Waals surface area contributed by atoms with E-state index >= 15 is 4.39 Å². The number of rotatable bonds is 5. The van der Waals surface area contributed by atoms with Gasteiger partial charge in [0.1, 0.15) is 5.82 Å². The van der Waals surface area contributed by atoms with Gasteiger partial charge in [0.2, 0.25) is 5.91 Å². The van der Waals surface area contributed by atoms with Crippen molar-refractivity contribution in [1.82, 2.24) is 9.80 Å². The number of piperazine rings is 1. The van der Waals surface area contributed by atoms with Crippen LogP contribution in [0.2, 0.25) is 0 Å². The second-order valence-electron chi connectivity index (χ2n) is 9.89. The molecule has 196 valence electrons. The molecule has 8 nitrogen and oxygen atoms in total. The molecule has 2 heterocycles. The number of benzene rings is 2. The molecule has 2 aromatic rings. The first-order valence-corrected chi connectivity index (χ1v) is 12.8. The molecule has 2 saturated heterocycles. The average molecular weight is 527 g/mol. The number of cyclic esters (lactones) is 1. The molecule has 3 aliphatic rings. The van der Waals surface area contributed by atoms with E-state index < -0.39 is 23.6 Å². The smallest absolute Gasteiger partial charge is 0.416 e. The number of thiocarbonyl (C=S) groups is 1. The maximum atomic E-state index is 15.2. The van der Waals surface area contributed by atoms with Crippen LogP contribution in [0.3, 0.4) is 0 Å². The van der Waals surface area contributed by atoms with Gasteiger partial charge in [0.15, 0.2) is 6.23 Å². The van der Waals surface area contributed by atoms with Crippen molar-refractivity contribution < 1.29 is 23.5 Å². The van der Waals surface area contributed by atoms with Gasteiger partial charge in [-0.1, -0.05) is 29.8 Å². The highest BCUT2D eigenvalue weighted by Gasteiger charge is 2.53. The van der Waals surface area contributed by atoms with E-state index in [1.165, 1.54) is 23.6 Å². The quantitative estimate of drug-likeness (QED) is 0.551. The molecule has 0 radical (unpaired) electrons. The Morgan fingerprint density at radius 2 is 1.81 bits per heavy atom. The summed E-state index contributed by atoms with van der Waals surface area (Å²) in [5.41, 5.74) is 2.74. The number of likely N-dealkylation sites (N-methyl/N-ethyl adjacent to an activating group) is 1. The zero-order valence-electron chi connectivity index (χ0n) is 21.3. The zero-order valence-corrected chi connectivity index (χ0v) is 22.1. The van der Waals surface area contributed by atoms with Crippen molar-refractivity contribution >= 4 is 40.8 Å². The van der Waals surface area contributed by atoms with Crippen molar-refractivity contribution in [2.45, 2.75) is 31.4 Å². The molecule has 0 N–H and O–H groups in total. The molecule has 3 fully saturated rings. The van der Waals surface area contributed by atoms with Crippen LogP contribution in [0.4, 0.5) is 20.6 Å². The Balaban J connectivity index is 1.22. The lowest BCUT2D eigenvalue weighted by atomic mass is 9.93. The van der Waals surface area contributed by atoms with Crippen molar-refractivity contribution in [3.05, 3.63) is 59.4 Å². The van der Waals surface area contributed by atoms with Gasteiger partial charge in [-0.3, -0.25) is 14.6 Å². The van der Waals surface area contributed by atoms with Gasteiger partial charge in [-0.25, -0.2) is 9.18 Å². The fourth-order valence-corrected chi connectivity index (χ4v) is 5.24. The number of amides is 2. The van der Waals surface area contributed by atoms with Crippen molar-refractivity contribution in [1.29, 1.82) is 0 Å². The predicted molar refractivity (Wildman–Crippen MR) is 142 cm³/mol. The molecule has 1 atom stereocenters. The van der Waals surface area contributed by atoms with Gasteiger partial charge in [-0.2, -0.15) is 0 Å². The summed E-state index contributed by atoms with van der Waals surface area (Å²) in [5, 5.41) is 0.199. The van der Waals surface area contributed by atoms with Crippen molar-refractivity contribution in [3.8, 4) is 0 Å². The minimum Gasteiger partial charge on any atom is -0.474 e. The van der Waals surface area contributed by atoms with Crippen molar-refractivity contribution in [2.24, 2.45) is 0 Å². The Labute approximate surface area is 221 Å². The summed E-state index contributed by atoms with van der Waals surface area (Å²) in [6.07, 6.45) is 0.552. The average Bonchev–Trinajstić information content (AvgIpc) is 3.63. The minimum atomic E-state index is -0.622. The number of hydrogen-bond donors (Lipinski definition) is 0. The second-order valence-corrected chi connectivity index (χ2v) is 10.2. The molecule has 2 amide bonds. The molecule has 0 spiro atoms. The van der Waals surface area contributed by atoms with Gasteiger partial charge in [-0.15, -0.1) is 0 Å². The zero-order chi connectivity index (χ0) is 26.3. The van der Waals surface area contributed by atoms with Crippen LogP contribution in [0, 0.1) is 12.7 Å². The molecule has 0 aromatic heterocycles. The summed E-state index contributed by atoms with van der Waals surface area (Å²) in [6.45, 7) is 4.40. The van der Waals surface area contributed by atoms with Crippen LogP contribution in [0.25, 0.3) is 0 Å². The Kier molecular flexibility index (Phi) is 6.70. The number of nitrogens with zero attached hydrogens (tertiary/aromatic N) is 4. The molecule has 37 heavy (non-hydrogen) atoms. The first kappa shape index (κ1) is 25.3. The van der Waals surface area contributed by atoms with Gasteiger partial charge in [-0.05, 0) is 55.7 Å². The minimum absolute atomic E-state index is 0.173. The molecule has 1 unspecified atom stereocenters. The van der Waals surface area contributed by atoms with Crippen LogP contribution >= 0.6 is 12.2 Å². The number of ether oxygens (including phenoxy) is 2. The molecular weight excluding hydrogens is 495 g/mol. The number of methoxy groups -OCH3 is 1. The summed E-state index contributed by atoms with van der Waals surface area (Å²) < 4.78 is 25.6. The van der Waals surface area contributed by atoms with E-state index in [2.05, 4.69) is 24.3 Å². The van der Waals surface area contributed by atoms with E-state index in [1.54, 1.807) is 24.1 Å². The monoisotopic (exact) mass is 526 g/mol. The number of aryl methyl sites for hydroxylation is 1. The Morgan fingerprint density at radius 1 is 1.14 bits per heavy atom. The van der Waals surface area contributed by atoms with Crippen LogP contribution in [0.1, 0.15) is 24.0 Å². The fourth-order valence-electron chi connectivity index (χ4n) is 5.12. The fraction of sp³-hybridized carbons (Fsp3) is 0.444. The number of carbonyl (C=O) groups is 2. The van der Waals surface area contributed by atoms with E-state index in [4.69, 9.17) is 21.7 Å². The maximum absolute atomic E-state index is 15.2. The Hall–Kier alpha value is -3.40. The third kappa shape index (κ3) is 4.70. The Bertz CT molecular complexity index is 1210. The SMILES string of the molecule is COC(=S)N(C)C1CN(c2ccc(N3CCN(C(=O)C4(c5ccc(C)cc5)CC4)CC3)c(F)c2)C(=O)O1. The highest BCUT2D eigenvalue weighted by molar-refractivity contribution is 7.80. The topological polar surface area (TPSA) is 65.6 Å². The number of hydrogen-bond acceptors (Lipinski definition) is 6. The van der Waals surface area contributed by atoms with E-state index in [9.17, 15) is 9.59 Å². The van der Waals surface area contributed by atoms with Crippen molar-refractivity contribution in [3.63, 3.8) is 0 Å². The van der Waals surface area contributed by atoms with Gasteiger partial charge >= 0.3 is 6.09 Å². The van der Waals surface area contributed by atoms with Crippen LogP contribution < -0.4 is 9.80 Å². The molecule has 1 aliphatic carbocycles. The Morgan fingerprint density at radius 3 is 2.41 bits per heavy atom. The molecule has 2 aromatic carbocycles. The number of halogens is 1. The highest BCUT2D eigenvalue weighted by atomic mass is 32.1. The van der Waals surface area contributed by atoms with E-state index in [1.807, 2.05) is 16.7 Å². The van der Waals surface area contributed by atoms with Gasteiger partial charge in [0, 0.05) is 33.2 Å². The lowest BCUT2D eigenvalue weighted by Crippen LogP contribution is -2.51. The van der Waals surface area contributed by atoms with E-state index in [-0.39, 0.29) is 17.6 Å². The second kappa shape index (κ2) is 9.81. The number of anilines is 2. The standard InChI is InChI=1S/C27H31FN4O4S/c1-18-4-6-19(7-5-18)27(10-11-27)24(33)31-14-12-30(13-15-31)22-9-8-20(16-21(22)28)32-17-23(36-25(32)34)29(2)26(37)35-3/h4-9,16,23H,10-15,17H2,1-3H3. The van der Waals surface area contributed by atoms with Crippen LogP contribution in [-0.4, -0.2) is 80.1 Å². The van der Waals surface area contributed by atoms with E-state index in [0.717, 1.165) is 18.4 Å². The summed E-state index contributed by atoms with van der Waals surface area (Å²) in [4.78, 5) is 32.6. The van der Waals surface area contributed by atoms with Gasteiger partial charge < -0.3 is 19.3 Å². The summed E-state index contributed by atoms with van der Waals surface area (Å²) in [7, 11) is 3.12.